The van der Waals surface area contributed by atoms with Gasteiger partial charge in [-0.2, -0.15) is 0 Å². The van der Waals surface area contributed by atoms with E-state index in [0.717, 1.165) is 12.7 Å². The second-order valence-electron chi connectivity index (χ2n) is 2.38. The van der Waals surface area contributed by atoms with Crippen LogP contribution >= 0.6 is 0 Å². The third kappa shape index (κ3) is 3.41. The van der Waals surface area contributed by atoms with Gasteiger partial charge in [0.15, 0.2) is 0 Å². The van der Waals surface area contributed by atoms with Crippen molar-refractivity contribution in [1.82, 2.24) is 0 Å². The fourth-order valence-electron chi connectivity index (χ4n) is 0.711. The summed E-state index contributed by atoms with van der Waals surface area (Å²) in [6, 6.07) is 0. The van der Waals surface area contributed by atoms with Gasteiger partial charge in [0.2, 0.25) is 0 Å². The highest BCUT2D eigenvalue weighted by Crippen LogP contribution is 2.05. The molecular formula is C8H14O2. The second-order valence-corrected chi connectivity index (χ2v) is 2.38. The van der Waals surface area contributed by atoms with E-state index in [2.05, 4.69) is 0 Å². The van der Waals surface area contributed by atoms with E-state index in [1.807, 2.05) is 6.92 Å². The molecule has 0 bridgehead atoms. The summed E-state index contributed by atoms with van der Waals surface area (Å²) in [4.78, 5) is 10.1. The standard InChI is InChI=1S/C8H14O2/c1-3-8(6-10)4-7(2)5-9/h4-5,8,10H,3,6H2,1-2H3/b7-4-. The Balaban J connectivity index is 3.92. The molecule has 1 N–H and O–H groups in total. The molecule has 0 saturated heterocycles. The number of rotatable bonds is 4. The number of allylic oxidation sites excluding steroid dienone is 1. The van der Waals surface area contributed by atoms with Crippen LogP contribution in [0.2, 0.25) is 0 Å². The number of hydrogen-bond donors (Lipinski definition) is 1. The van der Waals surface area contributed by atoms with E-state index in [9.17, 15) is 4.79 Å². The van der Waals surface area contributed by atoms with Crippen molar-refractivity contribution in [2.45, 2.75) is 20.3 Å². The highest BCUT2D eigenvalue weighted by atomic mass is 16.3. The van der Waals surface area contributed by atoms with Gasteiger partial charge in [-0.15, -0.1) is 0 Å². The molecule has 1 atom stereocenters. The summed E-state index contributed by atoms with van der Waals surface area (Å²) in [7, 11) is 0. The molecule has 0 amide bonds. The Bertz CT molecular complexity index is 123. The molecule has 2 nitrogen and oxygen atoms in total. The summed E-state index contributed by atoms with van der Waals surface area (Å²) in [5, 5.41) is 8.71. The van der Waals surface area contributed by atoms with E-state index in [-0.39, 0.29) is 12.5 Å². The summed E-state index contributed by atoms with van der Waals surface area (Å²) in [6.45, 7) is 3.85. The van der Waals surface area contributed by atoms with Crippen molar-refractivity contribution in [3.63, 3.8) is 0 Å². The fraction of sp³-hybridized carbons (Fsp3) is 0.625. The number of carbonyl (C=O) groups is 1. The molecule has 1 unspecified atom stereocenters. The van der Waals surface area contributed by atoms with E-state index in [4.69, 9.17) is 5.11 Å². The van der Waals surface area contributed by atoms with Crippen molar-refractivity contribution in [2.75, 3.05) is 6.61 Å². The average Bonchev–Trinajstić information content (AvgIpc) is 1.99. The Hall–Kier alpha value is -0.630. The molecular weight excluding hydrogens is 128 g/mol. The summed E-state index contributed by atoms with van der Waals surface area (Å²) in [5.41, 5.74) is 0.695. The van der Waals surface area contributed by atoms with Gasteiger partial charge in [0, 0.05) is 12.5 Å². The van der Waals surface area contributed by atoms with Gasteiger partial charge < -0.3 is 5.11 Å². The molecule has 0 aliphatic rings. The molecule has 0 spiro atoms. The maximum Gasteiger partial charge on any atom is 0.145 e. The predicted octanol–water partition coefficient (Wildman–Crippen LogP) is 1.15. The van der Waals surface area contributed by atoms with Crippen molar-refractivity contribution in [2.24, 2.45) is 5.92 Å². The molecule has 0 radical (unpaired) electrons. The lowest BCUT2D eigenvalue weighted by molar-refractivity contribution is -0.104. The third-order valence-corrected chi connectivity index (χ3v) is 1.44. The zero-order chi connectivity index (χ0) is 7.98. The molecule has 58 valence electrons. The van der Waals surface area contributed by atoms with Crippen LogP contribution in [-0.4, -0.2) is 18.0 Å². The first-order valence-corrected chi connectivity index (χ1v) is 3.49. The maximum absolute atomic E-state index is 10.1. The lowest BCUT2D eigenvalue weighted by Gasteiger charge is -2.04. The van der Waals surface area contributed by atoms with Crippen LogP contribution in [0, 0.1) is 5.92 Å². The average molecular weight is 142 g/mol. The Kier molecular flexibility index (Phi) is 4.85. The lowest BCUT2D eigenvalue weighted by atomic mass is 10.1. The minimum Gasteiger partial charge on any atom is -0.396 e. The summed E-state index contributed by atoms with van der Waals surface area (Å²) in [6.07, 6.45) is 3.48. The van der Waals surface area contributed by atoms with Gasteiger partial charge >= 0.3 is 0 Å². The minimum atomic E-state index is 0.127. The normalized spacial score (nSPS) is 14.9. The van der Waals surface area contributed by atoms with E-state index in [1.54, 1.807) is 13.0 Å². The summed E-state index contributed by atoms with van der Waals surface area (Å²) in [5.74, 6) is 0.144. The van der Waals surface area contributed by atoms with Crippen LogP contribution in [0.1, 0.15) is 20.3 Å². The van der Waals surface area contributed by atoms with Crippen LogP contribution in [0.25, 0.3) is 0 Å². The molecule has 10 heavy (non-hydrogen) atoms. The van der Waals surface area contributed by atoms with Crippen molar-refractivity contribution >= 4 is 6.29 Å². The SMILES string of the molecule is CCC(/C=C(/C)C=O)CO. The van der Waals surface area contributed by atoms with Crippen molar-refractivity contribution in [3.8, 4) is 0 Å². The number of aliphatic hydroxyl groups is 1. The molecule has 2 heteroatoms. The van der Waals surface area contributed by atoms with Gasteiger partial charge in [0.1, 0.15) is 6.29 Å². The molecule has 0 aliphatic carbocycles. The molecule has 0 aromatic rings. The highest BCUT2D eigenvalue weighted by Gasteiger charge is 1.99. The summed E-state index contributed by atoms with van der Waals surface area (Å²) < 4.78 is 0. The van der Waals surface area contributed by atoms with E-state index in [0.29, 0.717) is 5.57 Å². The summed E-state index contributed by atoms with van der Waals surface area (Å²) >= 11 is 0. The molecule has 0 heterocycles. The van der Waals surface area contributed by atoms with Gasteiger partial charge in [0.25, 0.3) is 0 Å². The van der Waals surface area contributed by atoms with Crippen molar-refractivity contribution in [1.29, 1.82) is 0 Å². The third-order valence-electron chi connectivity index (χ3n) is 1.44. The van der Waals surface area contributed by atoms with Gasteiger partial charge in [0.05, 0.1) is 0 Å². The Morgan fingerprint density at radius 1 is 1.70 bits per heavy atom. The Morgan fingerprint density at radius 2 is 2.30 bits per heavy atom. The minimum absolute atomic E-state index is 0.127. The van der Waals surface area contributed by atoms with Gasteiger partial charge in [-0.1, -0.05) is 13.0 Å². The quantitative estimate of drug-likeness (QED) is 0.472. The van der Waals surface area contributed by atoms with Crippen molar-refractivity contribution < 1.29 is 9.90 Å². The Labute approximate surface area is 61.6 Å². The maximum atomic E-state index is 10.1. The Morgan fingerprint density at radius 3 is 2.60 bits per heavy atom. The van der Waals surface area contributed by atoms with E-state index < -0.39 is 0 Å². The van der Waals surface area contributed by atoms with Gasteiger partial charge in [-0.25, -0.2) is 0 Å². The molecule has 0 aromatic heterocycles. The zero-order valence-electron chi connectivity index (χ0n) is 6.50. The highest BCUT2D eigenvalue weighted by molar-refractivity contribution is 5.72. The number of aldehydes is 1. The number of carbonyl (C=O) groups excluding carboxylic acids is 1. The first-order chi connectivity index (χ1) is 4.74. The zero-order valence-corrected chi connectivity index (χ0v) is 6.50. The predicted molar refractivity (Wildman–Crippen MR) is 40.7 cm³/mol. The van der Waals surface area contributed by atoms with Crippen LogP contribution < -0.4 is 0 Å². The van der Waals surface area contributed by atoms with Crippen LogP contribution in [0.3, 0.4) is 0 Å². The smallest absolute Gasteiger partial charge is 0.145 e. The molecule has 0 aliphatic heterocycles. The molecule has 0 aromatic carbocycles. The van der Waals surface area contributed by atoms with Crippen LogP contribution in [-0.2, 0) is 4.79 Å². The van der Waals surface area contributed by atoms with Gasteiger partial charge in [-0.3, -0.25) is 4.79 Å². The van der Waals surface area contributed by atoms with Crippen molar-refractivity contribution in [3.05, 3.63) is 11.6 Å². The van der Waals surface area contributed by atoms with E-state index in [1.165, 1.54) is 0 Å². The van der Waals surface area contributed by atoms with Crippen LogP contribution in [0.5, 0.6) is 0 Å². The first kappa shape index (κ1) is 9.37. The first-order valence-electron chi connectivity index (χ1n) is 3.49. The monoisotopic (exact) mass is 142 g/mol. The number of hydrogen-bond acceptors (Lipinski definition) is 2. The van der Waals surface area contributed by atoms with E-state index >= 15 is 0 Å². The van der Waals surface area contributed by atoms with Crippen LogP contribution in [0.15, 0.2) is 11.6 Å². The molecule has 0 rings (SSSR count). The molecule has 0 fully saturated rings. The number of aliphatic hydroxyl groups excluding tert-OH is 1. The van der Waals surface area contributed by atoms with Gasteiger partial charge in [-0.05, 0) is 18.9 Å². The van der Waals surface area contributed by atoms with Crippen LogP contribution in [0.4, 0.5) is 0 Å². The fourth-order valence-corrected chi connectivity index (χ4v) is 0.711. The second kappa shape index (κ2) is 5.18. The molecule has 0 saturated carbocycles. The largest absolute Gasteiger partial charge is 0.396 e. The lowest BCUT2D eigenvalue weighted by Crippen LogP contribution is -2.01. The topological polar surface area (TPSA) is 37.3 Å².